The first-order chi connectivity index (χ1) is 13.3. The van der Waals surface area contributed by atoms with Crippen LogP contribution in [0.4, 0.5) is 0 Å². The van der Waals surface area contributed by atoms with E-state index < -0.39 is 0 Å². The van der Waals surface area contributed by atoms with Gasteiger partial charge in [-0.3, -0.25) is 0 Å². The van der Waals surface area contributed by atoms with Gasteiger partial charge in [0.15, 0.2) is 0 Å². The molecule has 150 valence electrons. The van der Waals surface area contributed by atoms with Crippen molar-refractivity contribution in [3.63, 3.8) is 0 Å². The van der Waals surface area contributed by atoms with E-state index in [9.17, 15) is 0 Å². The largest absolute Gasteiger partial charge is 0.0951 e. The van der Waals surface area contributed by atoms with E-state index >= 15 is 0 Å². The van der Waals surface area contributed by atoms with Gasteiger partial charge in [0.05, 0.1) is 0 Å². The maximum absolute atomic E-state index is 3.47. The molecular weight excluding hydrogens is 324 g/mol. The van der Waals surface area contributed by atoms with Crippen LogP contribution in [-0.2, 0) is 0 Å². The van der Waals surface area contributed by atoms with Gasteiger partial charge in [-0.15, -0.1) is 0 Å². The highest BCUT2D eigenvalue weighted by Gasteiger charge is 2.19. The number of allylic oxidation sites excluding steroid dienone is 2. The van der Waals surface area contributed by atoms with E-state index in [1.807, 2.05) is 12.2 Å². The summed E-state index contributed by atoms with van der Waals surface area (Å²) in [6, 6.07) is 0. The molecule has 0 bridgehead atoms. The summed E-state index contributed by atoms with van der Waals surface area (Å²) in [5.41, 5.74) is 0. The van der Waals surface area contributed by atoms with E-state index in [0.29, 0.717) is 11.8 Å². The summed E-state index contributed by atoms with van der Waals surface area (Å²) in [4.78, 5) is 0. The summed E-state index contributed by atoms with van der Waals surface area (Å²) >= 11 is 0. The minimum atomic E-state index is 0.628. The number of rotatable bonds is 7. The Bertz CT molecular complexity index is 516. The molecule has 0 nitrogen and oxygen atoms in total. The molecule has 0 saturated heterocycles. The molecule has 0 radical (unpaired) electrons. The monoisotopic (exact) mass is 366 g/mol. The van der Waals surface area contributed by atoms with Crippen LogP contribution in [0, 0.1) is 47.4 Å². The zero-order chi connectivity index (χ0) is 19.2. The Hall–Kier alpha value is -1.14. The summed E-state index contributed by atoms with van der Waals surface area (Å²) in [6.07, 6.45) is 24.6. The summed E-state index contributed by atoms with van der Waals surface area (Å²) < 4.78 is 0. The summed E-state index contributed by atoms with van der Waals surface area (Å²) in [7, 11) is 0. The van der Waals surface area contributed by atoms with E-state index in [0.717, 1.165) is 11.8 Å². The van der Waals surface area contributed by atoms with Crippen LogP contribution < -0.4 is 0 Å². The van der Waals surface area contributed by atoms with Gasteiger partial charge in [-0.2, -0.15) is 0 Å². The summed E-state index contributed by atoms with van der Waals surface area (Å²) in [5, 5.41) is 0. The first-order valence-corrected chi connectivity index (χ1v) is 12.0. The summed E-state index contributed by atoms with van der Waals surface area (Å²) in [5.74, 6) is 16.7. The third-order valence-electron chi connectivity index (χ3n) is 6.70. The Labute approximate surface area is 170 Å². The number of hydrogen-bond acceptors (Lipinski definition) is 0. The van der Waals surface area contributed by atoms with Crippen molar-refractivity contribution in [2.75, 3.05) is 0 Å². The second kappa shape index (κ2) is 13.9. The molecule has 2 aliphatic carbocycles. The predicted octanol–water partition coefficient (Wildman–Crippen LogP) is 7.93. The molecule has 0 atom stereocenters. The lowest BCUT2D eigenvalue weighted by atomic mass is 9.80. The van der Waals surface area contributed by atoms with Gasteiger partial charge in [-0.25, -0.2) is 0 Å². The third kappa shape index (κ3) is 9.56. The molecule has 2 rings (SSSR count). The third-order valence-corrected chi connectivity index (χ3v) is 6.70. The van der Waals surface area contributed by atoms with Crippen molar-refractivity contribution in [3.8, 4) is 23.7 Å². The molecule has 0 amide bonds. The van der Waals surface area contributed by atoms with Gasteiger partial charge in [0.25, 0.3) is 0 Å². The average molecular weight is 367 g/mol. The highest BCUT2D eigenvalue weighted by atomic mass is 14.2. The molecule has 0 aliphatic heterocycles. The molecule has 0 aromatic rings. The van der Waals surface area contributed by atoms with Crippen LogP contribution in [0.5, 0.6) is 0 Å². The Morgan fingerprint density at radius 3 is 1.48 bits per heavy atom. The second-order valence-electron chi connectivity index (χ2n) is 8.98. The topological polar surface area (TPSA) is 0 Å². The molecule has 0 aromatic carbocycles. The molecule has 0 N–H and O–H groups in total. The highest BCUT2D eigenvalue weighted by Crippen LogP contribution is 2.32. The van der Waals surface area contributed by atoms with Gasteiger partial charge in [-0.05, 0) is 75.4 Å². The van der Waals surface area contributed by atoms with Gasteiger partial charge in [-0.1, -0.05) is 82.5 Å². The Morgan fingerprint density at radius 1 is 0.593 bits per heavy atom. The van der Waals surface area contributed by atoms with E-state index in [4.69, 9.17) is 0 Å². The molecule has 0 heteroatoms. The molecular formula is C27H42. The quantitative estimate of drug-likeness (QED) is 0.317. The molecule has 2 fully saturated rings. The SMILES string of the molecule is CCCCC[C@H]1CC[C@H](C#C/C=C/C#C[C@H]2CC[C@H](CCCC)CC2)CC1. The first kappa shape index (κ1) is 22.2. The molecule has 0 heterocycles. The average Bonchev–Trinajstić information content (AvgIpc) is 2.71. The van der Waals surface area contributed by atoms with Crippen LogP contribution in [0.15, 0.2) is 12.2 Å². The maximum atomic E-state index is 3.47. The maximum Gasteiger partial charge on any atom is 0.0206 e. The molecule has 27 heavy (non-hydrogen) atoms. The molecule has 2 saturated carbocycles. The van der Waals surface area contributed by atoms with Crippen molar-refractivity contribution in [2.24, 2.45) is 23.7 Å². The predicted molar refractivity (Wildman–Crippen MR) is 119 cm³/mol. The number of unbranched alkanes of at least 4 members (excludes halogenated alkanes) is 3. The Kier molecular flexibility index (Phi) is 11.4. The Morgan fingerprint density at radius 2 is 1.04 bits per heavy atom. The van der Waals surface area contributed by atoms with Crippen molar-refractivity contribution >= 4 is 0 Å². The van der Waals surface area contributed by atoms with E-state index in [1.54, 1.807) is 0 Å². The molecule has 0 unspecified atom stereocenters. The highest BCUT2D eigenvalue weighted by molar-refractivity contribution is 5.26. The normalized spacial score (nSPS) is 28.2. The van der Waals surface area contributed by atoms with Crippen molar-refractivity contribution in [1.82, 2.24) is 0 Å². The van der Waals surface area contributed by atoms with Crippen LogP contribution in [0.1, 0.15) is 110 Å². The van der Waals surface area contributed by atoms with Gasteiger partial charge < -0.3 is 0 Å². The minimum Gasteiger partial charge on any atom is -0.0951 e. The van der Waals surface area contributed by atoms with Gasteiger partial charge >= 0.3 is 0 Å². The standard InChI is InChI=1S/C27H42/c1-3-5-9-13-25-20-22-27(23-21-25)15-11-8-7-10-14-26-18-16-24(17-19-26)12-6-4-2/h7-8,24-27H,3-6,9,12-13,16-23H2,1-2H3/b8-7+/t24-,25-,26-,27-. The molecule has 0 spiro atoms. The lowest BCUT2D eigenvalue weighted by Gasteiger charge is -2.25. The second-order valence-corrected chi connectivity index (χ2v) is 8.98. The number of hydrogen-bond donors (Lipinski definition) is 0. The van der Waals surface area contributed by atoms with E-state index in [1.165, 1.54) is 96.3 Å². The first-order valence-electron chi connectivity index (χ1n) is 12.0. The van der Waals surface area contributed by atoms with Gasteiger partial charge in [0.1, 0.15) is 0 Å². The fourth-order valence-corrected chi connectivity index (χ4v) is 4.78. The van der Waals surface area contributed by atoms with E-state index in [-0.39, 0.29) is 0 Å². The molecule has 0 aromatic heterocycles. The Balaban J connectivity index is 1.59. The smallest absolute Gasteiger partial charge is 0.0206 e. The van der Waals surface area contributed by atoms with Crippen LogP contribution in [0.3, 0.4) is 0 Å². The minimum absolute atomic E-state index is 0.628. The molecule has 2 aliphatic rings. The van der Waals surface area contributed by atoms with Crippen molar-refractivity contribution < 1.29 is 0 Å². The fraction of sp³-hybridized carbons (Fsp3) is 0.778. The van der Waals surface area contributed by atoms with Crippen molar-refractivity contribution in [2.45, 2.75) is 110 Å². The fourth-order valence-electron chi connectivity index (χ4n) is 4.78. The zero-order valence-electron chi connectivity index (χ0n) is 18.1. The lowest BCUT2D eigenvalue weighted by Crippen LogP contribution is -2.13. The van der Waals surface area contributed by atoms with Crippen LogP contribution >= 0.6 is 0 Å². The lowest BCUT2D eigenvalue weighted by molar-refractivity contribution is 0.294. The van der Waals surface area contributed by atoms with Gasteiger partial charge in [0, 0.05) is 11.8 Å². The van der Waals surface area contributed by atoms with Crippen molar-refractivity contribution in [3.05, 3.63) is 12.2 Å². The van der Waals surface area contributed by atoms with Crippen LogP contribution in [-0.4, -0.2) is 0 Å². The summed E-state index contributed by atoms with van der Waals surface area (Å²) in [6.45, 7) is 4.59. The van der Waals surface area contributed by atoms with Crippen LogP contribution in [0.25, 0.3) is 0 Å². The zero-order valence-corrected chi connectivity index (χ0v) is 18.1. The van der Waals surface area contributed by atoms with Crippen molar-refractivity contribution in [1.29, 1.82) is 0 Å². The van der Waals surface area contributed by atoms with E-state index in [2.05, 4.69) is 37.5 Å². The van der Waals surface area contributed by atoms with Crippen LogP contribution in [0.2, 0.25) is 0 Å². The van der Waals surface area contributed by atoms with Gasteiger partial charge in [0.2, 0.25) is 0 Å².